The predicted octanol–water partition coefficient (Wildman–Crippen LogP) is 3.55. The fourth-order valence-corrected chi connectivity index (χ4v) is 2.19. The lowest BCUT2D eigenvalue weighted by Crippen LogP contribution is -2.33. The molecule has 2 heterocycles. The number of pyridine rings is 1. The first-order chi connectivity index (χ1) is 10.5. The van der Waals surface area contributed by atoms with Crippen LogP contribution in [0, 0.1) is 0 Å². The Bertz CT molecular complexity index is 683. The molecule has 0 saturated carbocycles. The quantitative estimate of drug-likeness (QED) is 0.922. The Morgan fingerprint density at radius 2 is 2.05 bits per heavy atom. The van der Waals surface area contributed by atoms with Crippen molar-refractivity contribution in [2.24, 2.45) is 4.99 Å². The Balaban J connectivity index is 1.77. The van der Waals surface area contributed by atoms with E-state index in [0.29, 0.717) is 30.2 Å². The van der Waals surface area contributed by atoms with E-state index in [-0.39, 0.29) is 0 Å². The summed E-state index contributed by atoms with van der Waals surface area (Å²) in [7, 11) is 0. The maximum atomic E-state index is 12.7. The Kier molecular flexibility index (Phi) is 3.70. The normalized spacial score (nSPS) is 16.9. The number of aromatic nitrogens is 1. The molecule has 1 aromatic heterocycles. The lowest BCUT2D eigenvalue weighted by atomic mass is 10.2. The van der Waals surface area contributed by atoms with Crippen LogP contribution in [0.3, 0.4) is 0 Å². The highest BCUT2D eigenvalue weighted by molar-refractivity contribution is 5.89. The maximum absolute atomic E-state index is 12.7. The molecule has 7 heteroatoms. The molecular weight excluding hydrogens is 293 g/mol. The van der Waals surface area contributed by atoms with E-state index in [1.807, 2.05) is 6.07 Å². The number of alkyl halides is 3. The second-order valence-corrected chi connectivity index (χ2v) is 4.83. The SMILES string of the molecule is FC(F)(F)c1cccc(N2CCC(=Nc3cccnc3)N2)c1. The van der Waals surface area contributed by atoms with Crippen molar-refractivity contribution in [1.82, 2.24) is 10.4 Å². The number of nitrogens with one attached hydrogen (secondary N) is 1. The van der Waals surface area contributed by atoms with Crippen molar-refractivity contribution in [1.29, 1.82) is 0 Å². The van der Waals surface area contributed by atoms with Crippen LogP contribution < -0.4 is 10.4 Å². The molecule has 22 heavy (non-hydrogen) atoms. The molecule has 0 aliphatic carbocycles. The number of rotatable bonds is 2. The molecule has 0 unspecified atom stereocenters. The van der Waals surface area contributed by atoms with Gasteiger partial charge in [-0.1, -0.05) is 6.07 Å². The summed E-state index contributed by atoms with van der Waals surface area (Å²) in [6.07, 6.45) is -0.435. The largest absolute Gasteiger partial charge is 0.416 e. The summed E-state index contributed by atoms with van der Waals surface area (Å²) in [6.45, 7) is 0.556. The summed E-state index contributed by atoms with van der Waals surface area (Å²) in [5.41, 5.74) is 3.53. The lowest BCUT2D eigenvalue weighted by molar-refractivity contribution is -0.137. The Labute approximate surface area is 125 Å². The van der Waals surface area contributed by atoms with Gasteiger partial charge in [0.1, 0.15) is 5.84 Å². The number of halogens is 3. The molecule has 0 radical (unpaired) electrons. The highest BCUT2D eigenvalue weighted by Gasteiger charge is 2.31. The summed E-state index contributed by atoms with van der Waals surface area (Å²) in [5.74, 6) is 0.699. The van der Waals surface area contributed by atoms with E-state index in [0.717, 1.165) is 12.1 Å². The van der Waals surface area contributed by atoms with Crippen LogP contribution in [0.15, 0.2) is 53.8 Å². The number of hydrazine groups is 1. The van der Waals surface area contributed by atoms with Crippen molar-refractivity contribution in [3.05, 3.63) is 54.4 Å². The molecule has 1 N–H and O–H groups in total. The van der Waals surface area contributed by atoms with E-state index in [1.54, 1.807) is 29.5 Å². The van der Waals surface area contributed by atoms with Gasteiger partial charge in [-0.25, -0.2) is 4.99 Å². The number of hydrogen-bond donors (Lipinski definition) is 1. The third-order valence-corrected chi connectivity index (χ3v) is 3.23. The van der Waals surface area contributed by atoms with Gasteiger partial charge in [0, 0.05) is 19.2 Å². The summed E-state index contributed by atoms with van der Waals surface area (Å²) in [6, 6.07) is 8.81. The minimum Gasteiger partial charge on any atom is -0.286 e. The average Bonchev–Trinajstić information content (AvgIpc) is 2.96. The Hall–Kier alpha value is -2.57. The van der Waals surface area contributed by atoms with E-state index >= 15 is 0 Å². The first-order valence-corrected chi connectivity index (χ1v) is 6.71. The molecule has 1 aromatic carbocycles. The molecule has 2 aromatic rings. The molecule has 3 rings (SSSR count). The fourth-order valence-electron chi connectivity index (χ4n) is 2.19. The van der Waals surface area contributed by atoms with E-state index in [9.17, 15) is 13.2 Å². The van der Waals surface area contributed by atoms with Gasteiger partial charge in [-0.15, -0.1) is 0 Å². The minimum atomic E-state index is -4.34. The lowest BCUT2D eigenvalue weighted by Gasteiger charge is -2.19. The zero-order chi connectivity index (χ0) is 15.6. The summed E-state index contributed by atoms with van der Waals surface area (Å²) in [4.78, 5) is 8.35. The van der Waals surface area contributed by atoms with E-state index < -0.39 is 11.7 Å². The van der Waals surface area contributed by atoms with Crippen LogP contribution in [0.1, 0.15) is 12.0 Å². The van der Waals surface area contributed by atoms with Crippen molar-refractivity contribution in [2.75, 3.05) is 11.6 Å². The van der Waals surface area contributed by atoms with Crippen LogP contribution in [-0.2, 0) is 6.18 Å². The molecule has 114 valence electrons. The van der Waals surface area contributed by atoms with Crippen LogP contribution in [0.25, 0.3) is 0 Å². The van der Waals surface area contributed by atoms with Crippen molar-refractivity contribution in [3.63, 3.8) is 0 Å². The van der Waals surface area contributed by atoms with Crippen molar-refractivity contribution < 1.29 is 13.2 Å². The van der Waals surface area contributed by atoms with Gasteiger partial charge in [-0.2, -0.15) is 13.2 Å². The molecule has 0 amide bonds. The maximum Gasteiger partial charge on any atom is 0.416 e. The Morgan fingerprint density at radius 1 is 1.18 bits per heavy atom. The molecular formula is C15H13F3N4. The predicted molar refractivity (Wildman–Crippen MR) is 77.9 cm³/mol. The number of amidine groups is 1. The monoisotopic (exact) mass is 306 g/mol. The summed E-state index contributed by atoms with van der Waals surface area (Å²) >= 11 is 0. The van der Waals surface area contributed by atoms with Crippen molar-refractivity contribution in [2.45, 2.75) is 12.6 Å². The summed E-state index contributed by atoms with van der Waals surface area (Å²) in [5, 5.41) is 1.66. The van der Waals surface area contributed by atoms with Crippen LogP contribution in [-0.4, -0.2) is 17.4 Å². The highest BCUT2D eigenvalue weighted by Crippen LogP contribution is 2.31. The van der Waals surface area contributed by atoms with Crippen LogP contribution in [0.4, 0.5) is 24.5 Å². The third-order valence-electron chi connectivity index (χ3n) is 3.23. The Morgan fingerprint density at radius 3 is 2.77 bits per heavy atom. The molecule has 0 bridgehead atoms. The van der Waals surface area contributed by atoms with Gasteiger partial charge in [-0.05, 0) is 30.3 Å². The van der Waals surface area contributed by atoms with E-state index in [4.69, 9.17) is 0 Å². The molecule has 4 nitrogen and oxygen atoms in total. The molecule has 1 fully saturated rings. The van der Waals surface area contributed by atoms with Gasteiger partial charge < -0.3 is 0 Å². The summed E-state index contributed by atoms with van der Waals surface area (Å²) < 4.78 is 38.2. The first kappa shape index (κ1) is 14.4. The number of nitrogens with zero attached hydrogens (tertiary/aromatic N) is 3. The second-order valence-electron chi connectivity index (χ2n) is 4.83. The molecule has 1 aliphatic rings. The van der Waals surface area contributed by atoms with Crippen molar-refractivity contribution in [3.8, 4) is 0 Å². The molecule has 0 spiro atoms. The highest BCUT2D eigenvalue weighted by atomic mass is 19.4. The molecule has 1 aliphatic heterocycles. The first-order valence-electron chi connectivity index (χ1n) is 6.71. The van der Waals surface area contributed by atoms with Gasteiger partial charge in [0.15, 0.2) is 0 Å². The van der Waals surface area contributed by atoms with Gasteiger partial charge in [-0.3, -0.25) is 15.4 Å². The second kappa shape index (κ2) is 5.67. The average molecular weight is 306 g/mol. The van der Waals surface area contributed by atoms with Gasteiger partial charge in [0.25, 0.3) is 0 Å². The molecule has 0 atom stereocenters. The number of hydrogen-bond acceptors (Lipinski definition) is 3. The topological polar surface area (TPSA) is 40.5 Å². The smallest absolute Gasteiger partial charge is 0.286 e. The van der Waals surface area contributed by atoms with Crippen LogP contribution in [0.2, 0.25) is 0 Å². The zero-order valence-corrected chi connectivity index (χ0v) is 11.5. The van der Waals surface area contributed by atoms with E-state index in [2.05, 4.69) is 15.4 Å². The molecule has 1 saturated heterocycles. The van der Waals surface area contributed by atoms with Gasteiger partial charge in [0.05, 0.1) is 23.1 Å². The van der Waals surface area contributed by atoms with Crippen LogP contribution >= 0.6 is 0 Å². The minimum absolute atomic E-state index is 0.464. The van der Waals surface area contributed by atoms with Gasteiger partial charge in [0.2, 0.25) is 0 Å². The van der Waals surface area contributed by atoms with Gasteiger partial charge >= 0.3 is 6.18 Å². The van der Waals surface area contributed by atoms with E-state index in [1.165, 1.54) is 6.07 Å². The number of aliphatic imine (C=N–C) groups is 1. The number of benzene rings is 1. The fraction of sp³-hybridized carbons (Fsp3) is 0.200. The van der Waals surface area contributed by atoms with Crippen molar-refractivity contribution >= 4 is 17.2 Å². The zero-order valence-electron chi connectivity index (χ0n) is 11.5. The third kappa shape index (κ3) is 3.19. The number of anilines is 1. The van der Waals surface area contributed by atoms with Crippen LogP contribution in [0.5, 0.6) is 0 Å². The standard InChI is InChI=1S/C15H13F3N4/c16-15(17,18)11-3-1-5-13(9-11)22-8-6-14(21-22)20-12-4-2-7-19-10-12/h1-5,7,9-10H,6,8H2,(H,20,21).